The number of nitrogens with one attached hydrogen (secondary N) is 1. The molecule has 98 valence electrons. The first kappa shape index (κ1) is 11.9. The molecule has 1 unspecified atom stereocenters. The average molecular weight is 261 g/mol. The van der Waals surface area contributed by atoms with Crippen molar-refractivity contribution in [2.24, 2.45) is 5.84 Å². The average Bonchev–Trinajstić information content (AvgIpc) is 2.96. The number of rotatable bonds is 3. The van der Waals surface area contributed by atoms with Gasteiger partial charge in [0.15, 0.2) is 5.89 Å². The summed E-state index contributed by atoms with van der Waals surface area (Å²) in [6.45, 7) is 1.74. The van der Waals surface area contributed by atoms with Crippen LogP contribution in [0.1, 0.15) is 23.4 Å². The lowest BCUT2D eigenvalue weighted by molar-refractivity contribution is 0.468. The number of nitrogens with two attached hydrogens (primary N) is 1. The van der Waals surface area contributed by atoms with Gasteiger partial charge in [-0.1, -0.05) is 0 Å². The van der Waals surface area contributed by atoms with Crippen LogP contribution < -0.4 is 11.3 Å². The van der Waals surface area contributed by atoms with Crippen molar-refractivity contribution in [2.75, 3.05) is 0 Å². The molecule has 3 aromatic rings. The Bertz CT molecular complexity index is 720. The summed E-state index contributed by atoms with van der Waals surface area (Å²) in [5.41, 5.74) is 3.82. The maximum absolute atomic E-state index is 13.1. The van der Waals surface area contributed by atoms with Gasteiger partial charge in [0.1, 0.15) is 35.2 Å². The van der Waals surface area contributed by atoms with E-state index >= 15 is 0 Å². The van der Waals surface area contributed by atoms with Crippen molar-refractivity contribution >= 4 is 11.0 Å². The number of aryl methyl sites for hydroxylation is 1. The molecule has 2 aromatic heterocycles. The lowest BCUT2D eigenvalue weighted by Crippen LogP contribution is -2.28. The molecule has 1 aromatic carbocycles. The maximum Gasteiger partial charge on any atom is 0.191 e. The van der Waals surface area contributed by atoms with Gasteiger partial charge in [-0.2, -0.15) is 0 Å². The Kier molecular flexibility index (Phi) is 2.81. The fraction of sp³-hybridized carbons (Fsp3) is 0.154. The standard InChI is InChI=1S/C13H12FN3O2/c1-7-16-10(6-18-7)13(17-15)12-5-8-4-9(14)2-3-11(8)19-12/h2-6,13,17H,15H2,1H3. The van der Waals surface area contributed by atoms with E-state index in [4.69, 9.17) is 14.7 Å². The normalized spacial score (nSPS) is 13.0. The highest BCUT2D eigenvalue weighted by Gasteiger charge is 2.20. The van der Waals surface area contributed by atoms with Crippen LogP contribution >= 0.6 is 0 Å². The molecule has 0 spiro atoms. The van der Waals surface area contributed by atoms with Crippen molar-refractivity contribution in [3.05, 3.63) is 53.7 Å². The van der Waals surface area contributed by atoms with Crippen LogP contribution in [0.25, 0.3) is 11.0 Å². The molecule has 0 radical (unpaired) electrons. The zero-order valence-electron chi connectivity index (χ0n) is 10.2. The third-order valence-corrected chi connectivity index (χ3v) is 2.88. The van der Waals surface area contributed by atoms with Crippen LogP contribution in [0.4, 0.5) is 4.39 Å². The van der Waals surface area contributed by atoms with Gasteiger partial charge in [0.2, 0.25) is 0 Å². The molecule has 0 saturated carbocycles. The summed E-state index contributed by atoms with van der Waals surface area (Å²) in [4.78, 5) is 4.20. The monoisotopic (exact) mass is 261 g/mol. The fourth-order valence-electron chi connectivity index (χ4n) is 2.00. The van der Waals surface area contributed by atoms with Crippen LogP contribution in [0.2, 0.25) is 0 Å². The van der Waals surface area contributed by atoms with Gasteiger partial charge in [0.05, 0.1) is 0 Å². The highest BCUT2D eigenvalue weighted by Crippen LogP contribution is 2.27. The molecule has 19 heavy (non-hydrogen) atoms. The predicted octanol–water partition coefficient (Wildman–Crippen LogP) is 2.42. The summed E-state index contributed by atoms with van der Waals surface area (Å²) < 4.78 is 23.9. The number of nitrogens with zero attached hydrogens (tertiary/aromatic N) is 1. The van der Waals surface area contributed by atoms with Crippen LogP contribution in [-0.2, 0) is 0 Å². The molecular formula is C13H12FN3O2. The van der Waals surface area contributed by atoms with Gasteiger partial charge >= 0.3 is 0 Å². The first-order chi connectivity index (χ1) is 9.17. The highest BCUT2D eigenvalue weighted by molar-refractivity contribution is 5.78. The third-order valence-electron chi connectivity index (χ3n) is 2.88. The number of fused-ring (bicyclic) bond motifs is 1. The van der Waals surface area contributed by atoms with Gasteiger partial charge in [0, 0.05) is 12.3 Å². The molecule has 0 aliphatic heterocycles. The van der Waals surface area contributed by atoms with Gasteiger partial charge in [0.25, 0.3) is 0 Å². The van der Waals surface area contributed by atoms with Gasteiger partial charge in [-0.05, 0) is 24.3 Å². The molecule has 0 aliphatic rings. The molecule has 5 nitrogen and oxygen atoms in total. The summed E-state index contributed by atoms with van der Waals surface area (Å²) in [5, 5.41) is 0.676. The topological polar surface area (TPSA) is 77.2 Å². The van der Waals surface area contributed by atoms with Crippen molar-refractivity contribution in [1.82, 2.24) is 10.4 Å². The van der Waals surface area contributed by atoms with Crippen molar-refractivity contribution in [1.29, 1.82) is 0 Å². The number of halogens is 1. The Morgan fingerprint density at radius 2 is 2.21 bits per heavy atom. The summed E-state index contributed by atoms with van der Waals surface area (Å²) in [6, 6.07) is 5.63. The summed E-state index contributed by atoms with van der Waals surface area (Å²) in [6.07, 6.45) is 1.51. The lowest BCUT2D eigenvalue weighted by Gasteiger charge is -2.08. The first-order valence-corrected chi connectivity index (χ1v) is 5.74. The second-order valence-electron chi connectivity index (χ2n) is 4.22. The molecule has 3 N–H and O–H groups in total. The molecule has 0 amide bonds. The van der Waals surface area contributed by atoms with Crippen molar-refractivity contribution in [2.45, 2.75) is 13.0 Å². The van der Waals surface area contributed by atoms with Crippen LogP contribution in [-0.4, -0.2) is 4.98 Å². The maximum atomic E-state index is 13.1. The number of hydrogen-bond acceptors (Lipinski definition) is 5. The van der Waals surface area contributed by atoms with Gasteiger partial charge in [-0.25, -0.2) is 14.8 Å². The fourth-order valence-corrected chi connectivity index (χ4v) is 2.00. The minimum Gasteiger partial charge on any atom is -0.459 e. The van der Waals surface area contributed by atoms with E-state index in [0.29, 0.717) is 28.3 Å². The number of hydrogen-bond donors (Lipinski definition) is 2. The van der Waals surface area contributed by atoms with Crippen molar-refractivity contribution in [3.8, 4) is 0 Å². The Morgan fingerprint density at radius 3 is 2.89 bits per heavy atom. The number of hydrazine groups is 1. The zero-order valence-corrected chi connectivity index (χ0v) is 10.2. The van der Waals surface area contributed by atoms with Crippen LogP contribution in [0.5, 0.6) is 0 Å². The predicted molar refractivity (Wildman–Crippen MR) is 66.6 cm³/mol. The Labute approximate surface area is 108 Å². The SMILES string of the molecule is Cc1nc(C(NN)c2cc3cc(F)ccc3o2)co1. The summed E-state index contributed by atoms with van der Waals surface area (Å²) in [5.74, 6) is 6.31. The number of aromatic nitrogens is 1. The molecule has 6 heteroatoms. The molecule has 0 saturated heterocycles. The highest BCUT2D eigenvalue weighted by atomic mass is 19.1. The molecule has 2 heterocycles. The number of furan rings is 1. The molecule has 0 bridgehead atoms. The molecular weight excluding hydrogens is 249 g/mol. The zero-order chi connectivity index (χ0) is 13.4. The second-order valence-corrected chi connectivity index (χ2v) is 4.22. The second kappa shape index (κ2) is 4.49. The molecule has 0 aliphatic carbocycles. The number of oxazole rings is 1. The van der Waals surface area contributed by atoms with E-state index in [1.165, 1.54) is 18.4 Å². The van der Waals surface area contributed by atoms with Crippen LogP contribution in [0, 0.1) is 12.7 Å². The van der Waals surface area contributed by atoms with E-state index in [1.54, 1.807) is 19.1 Å². The Hall–Kier alpha value is -2.18. The summed E-state index contributed by atoms with van der Waals surface area (Å²) in [7, 11) is 0. The quantitative estimate of drug-likeness (QED) is 0.559. The van der Waals surface area contributed by atoms with Crippen molar-refractivity contribution < 1.29 is 13.2 Å². The summed E-state index contributed by atoms with van der Waals surface area (Å²) >= 11 is 0. The van der Waals surface area contributed by atoms with E-state index < -0.39 is 6.04 Å². The molecule has 1 atom stereocenters. The largest absolute Gasteiger partial charge is 0.459 e. The minimum absolute atomic E-state index is 0.311. The number of benzene rings is 1. The molecule has 3 rings (SSSR count). The lowest BCUT2D eigenvalue weighted by atomic mass is 10.1. The van der Waals surface area contributed by atoms with Crippen LogP contribution in [0.3, 0.4) is 0 Å². The minimum atomic E-state index is -0.437. The van der Waals surface area contributed by atoms with E-state index in [2.05, 4.69) is 10.4 Å². The smallest absolute Gasteiger partial charge is 0.191 e. The Balaban J connectivity index is 2.06. The van der Waals surface area contributed by atoms with E-state index in [9.17, 15) is 4.39 Å². The van der Waals surface area contributed by atoms with E-state index in [-0.39, 0.29) is 5.82 Å². The van der Waals surface area contributed by atoms with E-state index in [0.717, 1.165) is 0 Å². The van der Waals surface area contributed by atoms with E-state index in [1.807, 2.05) is 0 Å². The van der Waals surface area contributed by atoms with Crippen molar-refractivity contribution in [3.63, 3.8) is 0 Å². The Morgan fingerprint density at radius 1 is 1.37 bits per heavy atom. The third kappa shape index (κ3) is 2.11. The van der Waals surface area contributed by atoms with Gasteiger partial charge in [-0.3, -0.25) is 5.84 Å². The van der Waals surface area contributed by atoms with Crippen LogP contribution in [0.15, 0.2) is 39.4 Å². The molecule has 0 fully saturated rings. The van der Waals surface area contributed by atoms with Gasteiger partial charge < -0.3 is 8.83 Å². The first-order valence-electron chi connectivity index (χ1n) is 5.74. The van der Waals surface area contributed by atoms with Gasteiger partial charge in [-0.15, -0.1) is 0 Å².